The van der Waals surface area contributed by atoms with Crippen LogP contribution in [0.4, 0.5) is 11.8 Å². The van der Waals surface area contributed by atoms with Crippen molar-refractivity contribution in [3.63, 3.8) is 0 Å². The van der Waals surface area contributed by atoms with Gasteiger partial charge in [-0.25, -0.2) is 9.97 Å². The van der Waals surface area contributed by atoms with E-state index in [1.54, 1.807) is 0 Å². The summed E-state index contributed by atoms with van der Waals surface area (Å²) in [5.74, 6) is 0.490. The van der Waals surface area contributed by atoms with Crippen molar-refractivity contribution in [2.24, 2.45) is 5.11 Å². The molecule has 0 spiro atoms. The largest absolute Gasteiger partial charge is 0.394 e. The van der Waals surface area contributed by atoms with Gasteiger partial charge in [0.25, 0.3) is 0 Å². The fourth-order valence-corrected chi connectivity index (χ4v) is 1.77. The Hall–Kier alpha value is -2.38. The Bertz CT molecular complexity index is 603. The molecule has 0 aliphatic carbocycles. The van der Waals surface area contributed by atoms with E-state index in [-0.39, 0.29) is 18.6 Å². The zero-order valence-corrected chi connectivity index (χ0v) is 10.4. The van der Waals surface area contributed by atoms with Gasteiger partial charge in [0, 0.05) is 4.91 Å². The van der Waals surface area contributed by atoms with Crippen LogP contribution in [0.25, 0.3) is 21.5 Å². The summed E-state index contributed by atoms with van der Waals surface area (Å²) in [6.45, 7) is 2.02. The van der Waals surface area contributed by atoms with Gasteiger partial charge in [-0.15, -0.1) is 0 Å². The number of hydrogen-bond donors (Lipinski definition) is 3. The maximum atomic E-state index is 9.30. The Kier molecular flexibility index (Phi) is 4.11. The molecule has 9 nitrogen and oxygen atoms in total. The van der Waals surface area contributed by atoms with Gasteiger partial charge in [0.15, 0.2) is 5.82 Å². The van der Waals surface area contributed by atoms with Gasteiger partial charge in [0.2, 0.25) is 5.95 Å². The first-order valence-electron chi connectivity index (χ1n) is 5.92. The van der Waals surface area contributed by atoms with Gasteiger partial charge in [-0.2, -0.15) is 5.10 Å². The summed E-state index contributed by atoms with van der Waals surface area (Å²) < 4.78 is 0. The van der Waals surface area contributed by atoms with E-state index in [2.05, 4.69) is 35.5 Å². The number of rotatable bonds is 6. The number of aliphatic hydroxyl groups excluding tert-OH is 1. The van der Waals surface area contributed by atoms with Crippen LogP contribution in [-0.2, 0) is 0 Å². The maximum Gasteiger partial charge on any atom is 0.219 e. The Morgan fingerprint density at radius 2 is 2.42 bits per heavy atom. The number of fused-ring (bicyclic) bond motifs is 1. The second-order valence-electron chi connectivity index (χ2n) is 4.00. The van der Waals surface area contributed by atoms with Crippen molar-refractivity contribution in [2.45, 2.75) is 25.8 Å². The molecule has 2 aromatic heterocycles. The number of aromatic nitrogens is 4. The first-order valence-corrected chi connectivity index (χ1v) is 5.92. The molecule has 0 unspecified atom stereocenters. The highest BCUT2D eigenvalue weighted by molar-refractivity contribution is 5.85. The summed E-state index contributed by atoms with van der Waals surface area (Å²) in [6, 6.07) is -0.120. The third-order valence-electron chi connectivity index (χ3n) is 2.62. The predicted molar refractivity (Wildman–Crippen MR) is 69.9 cm³/mol. The van der Waals surface area contributed by atoms with Crippen LogP contribution in [0.5, 0.6) is 0 Å². The molecule has 0 amide bonds. The lowest BCUT2D eigenvalue weighted by Gasteiger charge is -2.16. The summed E-state index contributed by atoms with van der Waals surface area (Å²) in [5.41, 5.74) is 9.61. The number of aliphatic hydroxyl groups is 1. The SMILES string of the molecule is CCC[C@@H](CO)Nc1nc(N=[N+]=[N-])nc2cn[nH]c12. The van der Waals surface area contributed by atoms with Crippen molar-refractivity contribution >= 4 is 22.8 Å². The smallest absolute Gasteiger partial charge is 0.219 e. The van der Waals surface area contributed by atoms with E-state index in [1.807, 2.05) is 6.92 Å². The second-order valence-corrected chi connectivity index (χ2v) is 4.00. The third kappa shape index (κ3) is 2.90. The predicted octanol–water partition coefficient (Wildman–Crippen LogP) is 1.87. The molecular weight excluding hydrogens is 248 g/mol. The zero-order valence-electron chi connectivity index (χ0n) is 10.4. The summed E-state index contributed by atoms with van der Waals surface area (Å²) in [4.78, 5) is 10.8. The summed E-state index contributed by atoms with van der Waals surface area (Å²) in [6.07, 6.45) is 3.25. The van der Waals surface area contributed by atoms with Gasteiger partial charge in [0.05, 0.1) is 18.8 Å². The molecule has 0 radical (unpaired) electrons. The van der Waals surface area contributed by atoms with Crippen LogP contribution in [0.2, 0.25) is 0 Å². The van der Waals surface area contributed by atoms with E-state index in [9.17, 15) is 5.11 Å². The van der Waals surface area contributed by atoms with Gasteiger partial charge < -0.3 is 10.4 Å². The normalized spacial score (nSPS) is 12.1. The number of nitrogens with zero attached hydrogens (tertiary/aromatic N) is 6. The summed E-state index contributed by atoms with van der Waals surface area (Å²) in [7, 11) is 0. The van der Waals surface area contributed by atoms with Crippen molar-refractivity contribution in [1.29, 1.82) is 0 Å². The molecule has 0 bridgehead atoms. The lowest BCUT2D eigenvalue weighted by atomic mass is 10.2. The van der Waals surface area contributed by atoms with E-state index in [1.165, 1.54) is 6.20 Å². The van der Waals surface area contributed by atoms with E-state index < -0.39 is 0 Å². The highest BCUT2D eigenvalue weighted by atomic mass is 16.3. The van der Waals surface area contributed by atoms with Crippen LogP contribution in [0.3, 0.4) is 0 Å². The highest BCUT2D eigenvalue weighted by Gasteiger charge is 2.13. The minimum atomic E-state index is -0.120. The maximum absolute atomic E-state index is 9.30. The molecule has 3 N–H and O–H groups in total. The van der Waals surface area contributed by atoms with Crippen molar-refractivity contribution < 1.29 is 5.11 Å². The molecule has 19 heavy (non-hydrogen) atoms. The molecule has 0 saturated heterocycles. The molecule has 2 heterocycles. The Labute approximate surface area is 108 Å². The summed E-state index contributed by atoms with van der Waals surface area (Å²) in [5, 5.41) is 22.4. The van der Waals surface area contributed by atoms with Crippen LogP contribution in [0, 0.1) is 0 Å². The van der Waals surface area contributed by atoms with E-state index in [0.29, 0.717) is 16.9 Å². The first-order chi connectivity index (χ1) is 9.28. The Morgan fingerprint density at radius 3 is 3.11 bits per heavy atom. The molecule has 2 aromatic rings. The number of aromatic amines is 1. The molecule has 1 atom stereocenters. The van der Waals surface area contributed by atoms with Gasteiger partial charge >= 0.3 is 0 Å². The molecule has 0 saturated carbocycles. The zero-order chi connectivity index (χ0) is 13.7. The van der Waals surface area contributed by atoms with Crippen molar-refractivity contribution in [2.75, 3.05) is 11.9 Å². The van der Waals surface area contributed by atoms with Crippen LogP contribution < -0.4 is 5.32 Å². The van der Waals surface area contributed by atoms with Crippen molar-refractivity contribution in [3.8, 4) is 0 Å². The molecule has 100 valence electrons. The quantitative estimate of drug-likeness (QED) is 0.414. The van der Waals surface area contributed by atoms with Crippen molar-refractivity contribution in [3.05, 3.63) is 16.6 Å². The average Bonchev–Trinajstić information content (AvgIpc) is 2.87. The second kappa shape index (κ2) is 5.98. The number of azide groups is 1. The Morgan fingerprint density at radius 1 is 1.58 bits per heavy atom. The number of hydrogen-bond acceptors (Lipinski definition) is 6. The van der Waals surface area contributed by atoms with Crippen molar-refractivity contribution in [1.82, 2.24) is 20.2 Å². The van der Waals surface area contributed by atoms with Crippen LogP contribution in [-0.4, -0.2) is 37.9 Å². The molecule has 0 aliphatic heterocycles. The summed E-state index contributed by atoms with van der Waals surface area (Å²) >= 11 is 0. The lowest BCUT2D eigenvalue weighted by Crippen LogP contribution is -2.24. The fourth-order valence-electron chi connectivity index (χ4n) is 1.77. The number of nitrogens with one attached hydrogen (secondary N) is 2. The van der Waals surface area contributed by atoms with Gasteiger partial charge in [0.1, 0.15) is 11.0 Å². The molecule has 2 rings (SSSR count). The fraction of sp³-hybridized carbons (Fsp3) is 0.500. The molecule has 9 heteroatoms. The topological polar surface area (TPSA) is 135 Å². The minimum Gasteiger partial charge on any atom is -0.394 e. The Balaban J connectivity index is 2.39. The molecule has 0 fully saturated rings. The van der Waals surface area contributed by atoms with Crippen LogP contribution in [0.1, 0.15) is 19.8 Å². The van der Waals surface area contributed by atoms with Crippen LogP contribution in [0.15, 0.2) is 11.3 Å². The standard InChI is InChI=1S/C10H14N8O/c1-2-3-6(5-19)13-9-8-7(4-12-16-8)14-10(15-9)17-18-11/h4,6,19H,2-3,5H2,1H3,(H,12,16)(H,13,14,15)/t6-/m0/s1. The number of anilines is 1. The van der Waals surface area contributed by atoms with E-state index in [0.717, 1.165) is 12.8 Å². The molecule has 0 aromatic carbocycles. The van der Waals surface area contributed by atoms with Gasteiger partial charge in [-0.1, -0.05) is 13.3 Å². The van der Waals surface area contributed by atoms with Crippen LogP contribution >= 0.6 is 0 Å². The molecular formula is C10H14N8O. The average molecular weight is 262 g/mol. The van der Waals surface area contributed by atoms with Gasteiger partial charge in [-0.05, 0) is 17.1 Å². The minimum absolute atomic E-state index is 0.00960. The highest BCUT2D eigenvalue weighted by Crippen LogP contribution is 2.22. The third-order valence-corrected chi connectivity index (χ3v) is 2.62. The van der Waals surface area contributed by atoms with Gasteiger partial charge in [-0.3, -0.25) is 5.10 Å². The number of H-pyrrole nitrogens is 1. The first kappa shape index (κ1) is 13.1. The van der Waals surface area contributed by atoms with E-state index in [4.69, 9.17) is 5.53 Å². The monoisotopic (exact) mass is 262 g/mol. The van der Waals surface area contributed by atoms with E-state index >= 15 is 0 Å². The molecule has 0 aliphatic rings. The lowest BCUT2D eigenvalue weighted by molar-refractivity contribution is 0.268.